The molecule has 84 valence electrons. The van der Waals surface area contributed by atoms with Crippen molar-refractivity contribution in [3.63, 3.8) is 0 Å². The molecular formula is C7H15NO5S. The highest BCUT2D eigenvalue weighted by atomic mass is 32.2. The van der Waals surface area contributed by atoms with Gasteiger partial charge in [0.2, 0.25) is 0 Å². The van der Waals surface area contributed by atoms with E-state index in [9.17, 15) is 13.2 Å². The Bertz CT molecular complexity index is 282. The molecule has 1 unspecified atom stereocenters. The lowest BCUT2D eigenvalue weighted by Crippen LogP contribution is -2.34. The average Bonchev–Trinajstić information content (AvgIpc) is 2.02. The van der Waals surface area contributed by atoms with Crippen molar-refractivity contribution in [3.8, 4) is 0 Å². The first-order valence-corrected chi connectivity index (χ1v) is 5.20. The smallest absolute Gasteiger partial charge is 0.327 e. The normalized spacial score (nSPS) is 12.6. The summed E-state index contributed by atoms with van der Waals surface area (Å²) in [6, 6.07) is 0. The van der Waals surface area contributed by atoms with Crippen molar-refractivity contribution in [1.29, 1.82) is 0 Å². The molecule has 0 aliphatic rings. The summed E-state index contributed by atoms with van der Waals surface area (Å²) in [7, 11) is -4.02. The van der Waals surface area contributed by atoms with Crippen LogP contribution in [0.3, 0.4) is 0 Å². The maximum atomic E-state index is 10.2. The minimum atomic E-state index is -4.02. The molecule has 0 fully saturated rings. The highest BCUT2D eigenvalue weighted by Crippen LogP contribution is 2.03. The molecule has 0 aromatic heterocycles. The quantitative estimate of drug-likeness (QED) is 0.462. The van der Waals surface area contributed by atoms with Crippen LogP contribution in [0.4, 0.5) is 0 Å². The lowest BCUT2D eigenvalue weighted by Gasteiger charge is -2.10. The fraction of sp³-hybridized carbons (Fsp3) is 0.571. The Morgan fingerprint density at radius 2 is 1.79 bits per heavy atom. The van der Waals surface area contributed by atoms with Gasteiger partial charge in [0.05, 0.1) is 0 Å². The molecule has 0 heterocycles. The van der Waals surface area contributed by atoms with E-state index in [-0.39, 0.29) is 5.92 Å². The van der Waals surface area contributed by atoms with E-state index in [1.807, 2.05) is 0 Å². The van der Waals surface area contributed by atoms with E-state index in [1.54, 1.807) is 13.8 Å². The Balaban J connectivity index is 0. The van der Waals surface area contributed by atoms with Crippen LogP contribution >= 0.6 is 0 Å². The lowest BCUT2D eigenvalue weighted by molar-refractivity contribution is -0.131. The minimum Gasteiger partial charge on any atom is -0.478 e. The number of rotatable bonds is 3. The largest absolute Gasteiger partial charge is 0.478 e. The fourth-order valence-electron chi connectivity index (χ4n) is 0.344. The van der Waals surface area contributed by atoms with Crippen molar-refractivity contribution in [2.45, 2.75) is 19.2 Å². The van der Waals surface area contributed by atoms with E-state index in [0.29, 0.717) is 0 Å². The number of carboxylic acid groups (broad SMARTS) is 1. The molecule has 0 aliphatic carbocycles. The molecule has 1 atom stereocenters. The molecule has 0 saturated heterocycles. The van der Waals surface area contributed by atoms with Crippen molar-refractivity contribution < 1.29 is 22.9 Å². The molecule has 6 nitrogen and oxygen atoms in total. The number of carbonyl (C=O) groups is 1. The second-order valence-corrected chi connectivity index (χ2v) is 4.34. The zero-order valence-corrected chi connectivity index (χ0v) is 8.86. The van der Waals surface area contributed by atoms with E-state index >= 15 is 0 Å². The first-order chi connectivity index (χ1) is 6.12. The van der Waals surface area contributed by atoms with Crippen LogP contribution in [-0.2, 0) is 14.9 Å². The minimum absolute atomic E-state index is 0.250. The topological polar surface area (TPSA) is 118 Å². The second kappa shape index (κ2) is 6.52. The lowest BCUT2D eigenvalue weighted by atomic mass is 10.2. The van der Waals surface area contributed by atoms with Gasteiger partial charge in [0, 0.05) is 6.08 Å². The highest BCUT2D eigenvalue weighted by molar-refractivity contribution is 7.86. The number of aliphatic carboxylic acids is 1. The summed E-state index contributed by atoms with van der Waals surface area (Å²) < 4.78 is 28.7. The van der Waals surface area contributed by atoms with E-state index in [1.165, 1.54) is 0 Å². The SMILES string of the molecule is C=CC(=O)O.CC(C)C(N)S(=O)(=O)O. The van der Waals surface area contributed by atoms with Crippen molar-refractivity contribution >= 4 is 16.1 Å². The number of carboxylic acids is 1. The molecule has 4 N–H and O–H groups in total. The summed E-state index contributed by atoms with van der Waals surface area (Å²) in [6.07, 6.45) is 0.833. The molecule has 0 aromatic rings. The molecule has 14 heavy (non-hydrogen) atoms. The van der Waals surface area contributed by atoms with Gasteiger partial charge in [-0.1, -0.05) is 20.4 Å². The zero-order valence-electron chi connectivity index (χ0n) is 8.04. The molecule has 0 rings (SSSR count). The van der Waals surface area contributed by atoms with Gasteiger partial charge in [0.25, 0.3) is 10.1 Å². The van der Waals surface area contributed by atoms with Crippen molar-refractivity contribution in [3.05, 3.63) is 12.7 Å². The van der Waals surface area contributed by atoms with E-state index in [4.69, 9.17) is 15.4 Å². The Morgan fingerprint density at radius 1 is 1.50 bits per heavy atom. The standard InChI is InChI=1S/C4H11NO3S.C3H4O2/c1-3(2)4(5)9(6,7)8;1-2-3(4)5/h3-4H,5H2,1-2H3,(H,6,7,8);2H,1H2,(H,4,5). The molecule has 0 bridgehead atoms. The van der Waals surface area contributed by atoms with E-state index in [0.717, 1.165) is 6.08 Å². The van der Waals surface area contributed by atoms with Crippen LogP contribution in [0.1, 0.15) is 13.8 Å². The summed E-state index contributed by atoms with van der Waals surface area (Å²) in [5, 5.41) is 6.45. The van der Waals surface area contributed by atoms with Gasteiger partial charge in [0.1, 0.15) is 5.37 Å². The molecule has 0 radical (unpaired) electrons. The van der Waals surface area contributed by atoms with Crippen LogP contribution in [0.15, 0.2) is 12.7 Å². The molecule has 0 aliphatic heterocycles. The molecule has 0 spiro atoms. The molecule has 0 aromatic carbocycles. The average molecular weight is 225 g/mol. The third-order valence-electron chi connectivity index (χ3n) is 1.18. The third-order valence-corrected chi connectivity index (χ3v) is 2.41. The van der Waals surface area contributed by atoms with Gasteiger partial charge in [-0.3, -0.25) is 4.55 Å². The second-order valence-electron chi connectivity index (χ2n) is 2.77. The fourth-order valence-corrected chi connectivity index (χ4v) is 1.03. The van der Waals surface area contributed by atoms with Crippen molar-refractivity contribution in [2.24, 2.45) is 11.7 Å². The summed E-state index contributed by atoms with van der Waals surface area (Å²) in [5.41, 5.74) is 5.06. The Kier molecular flexibility index (Phi) is 7.24. The van der Waals surface area contributed by atoms with Gasteiger partial charge < -0.3 is 10.8 Å². The number of hydrogen-bond donors (Lipinski definition) is 3. The van der Waals surface area contributed by atoms with Crippen LogP contribution in [-0.4, -0.2) is 29.4 Å². The van der Waals surface area contributed by atoms with Gasteiger partial charge in [-0.15, -0.1) is 0 Å². The van der Waals surface area contributed by atoms with Crippen molar-refractivity contribution in [1.82, 2.24) is 0 Å². The zero-order chi connectivity index (χ0) is 11.9. The highest BCUT2D eigenvalue weighted by Gasteiger charge is 2.20. The summed E-state index contributed by atoms with van der Waals surface area (Å²) in [4.78, 5) is 9.25. The monoisotopic (exact) mass is 225 g/mol. The Morgan fingerprint density at radius 3 is 1.79 bits per heavy atom. The summed E-state index contributed by atoms with van der Waals surface area (Å²) in [6.45, 7) is 6.21. The van der Waals surface area contributed by atoms with Gasteiger partial charge in [-0.25, -0.2) is 4.79 Å². The maximum absolute atomic E-state index is 10.2. The van der Waals surface area contributed by atoms with Crippen LogP contribution in [0.2, 0.25) is 0 Å². The summed E-state index contributed by atoms with van der Waals surface area (Å²) in [5.74, 6) is -1.23. The summed E-state index contributed by atoms with van der Waals surface area (Å²) >= 11 is 0. The predicted octanol–water partition coefficient (Wildman–Crippen LogP) is 0.0720. The third kappa shape index (κ3) is 9.17. The number of hydrogen-bond acceptors (Lipinski definition) is 4. The maximum Gasteiger partial charge on any atom is 0.327 e. The van der Waals surface area contributed by atoms with Crippen molar-refractivity contribution in [2.75, 3.05) is 0 Å². The van der Waals surface area contributed by atoms with Gasteiger partial charge in [-0.05, 0) is 5.92 Å². The van der Waals surface area contributed by atoms with Gasteiger partial charge >= 0.3 is 5.97 Å². The Labute approximate surface area is 83.2 Å². The molecule has 0 amide bonds. The molecule has 7 heteroatoms. The first-order valence-electron chi connectivity index (χ1n) is 3.70. The van der Waals surface area contributed by atoms with Gasteiger partial charge in [0.15, 0.2) is 0 Å². The van der Waals surface area contributed by atoms with E-state index < -0.39 is 21.5 Å². The Hall–Kier alpha value is -0.920. The first kappa shape index (κ1) is 15.5. The molecular weight excluding hydrogens is 210 g/mol. The van der Waals surface area contributed by atoms with Crippen LogP contribution in [0.25, 0.3) is 0 Å². The van der Waals surface area contributed by atoms with E-state index in [2.05, 4.69) is 6.58 Å². The van der Waals surface area contributed by atoms with Crippen LogP contribution in [0, 0.1) is 5.92 Å². The van der Waals surface area contributed by atoms with Gasteiger partial charge in [-0.2, -0.15) is 8.42 Å². The number of nitrogens with two attached hydrogens (primary N) is 1. The molecule has 0 saturated carbocycles. The van der Waals surface area contributed by atoms with Crippen LogP contribution < -0.4 is 5.73 Å². The predicted molar refractivity (Wildman–Crippen MR) is 52.2 cm³/mol. The van der Waals surface area contributed by atoms with Crippen LogP contribution in [0.5, 0.6) is 0 Å².